The first kappa shape index (κ1) is 14.1. The van der Waals surface area contributed by atoms with E-state index in [1.165, 1.54) is 5.56 Å². The lowest BCUT2D eigenvalue weighted by Gasteiger charge is -2.08. The molecule has 0 radical (unpaired) electrons. The van der Waals surface area contributed by atoms with E-state index in [1.54, 1.807) is 17.0 Å². The summed E-state index contributed by atoms with van der Waals surface area (Å²) in [6.07, 6.45) is 5.12. The van der Waals surface area contributed by atoms with Crippen molar-refractivity contribution in [2.24, 2.45) is 0 Å². The maximum Gasteiger partial charge on any atom is 0.293 e. The van der Waals surface area contributed by atoms with Crippen LogP contribution in [0.3, 0.4) is 0 Å². The number of nitrogen functional groups attached to an aromatic ring is 1. The van der Waals surface area contributed by atoms with E-state index in [0.29, 0.717) is 18.9 Å². The van der Waals surface area contributed by atoms with Gasteiger partial charge in [-0.1, -0.05) is 19.1 Å². The van der Waals surface area contributed by atoms with E-state index < -0.39 is 0 Å². The number of aromatic nitrogens is 2. The lowest BCUT2D eigenvalue weighted by Crippen LogP contribution is -2.25. The van der Waals surface area contributed by atoms with Gasteiger partial charge in [0.25, 0.3) is 5.56 Å². The Morgan fingerprint density at radius 1 is 1.30 bits per heavy atom. The van der Waals surface area contributed by atoms with Crippen molar-refractivity contribution in [2.75, 3.05) is 17.6 Å². The van der Waals surface area contributed by atoms with Gasteiger partial charge in [-0.2, -0.15) is 0 Å². The summed E-state index contributed by atoms with van der Waals surface area (Å²) in [5, 5.41) is 3.10. The fraction of sp³-hybridized carbons (Fsp3) is 0.333. The van der Waals surface area contributed by atoms with Gasteiger partial charge in [0.15, 0.2) is 5.82 Å². The maximum atomic E-state index is 12.1. The van der Waals surface area contributed by atoms with Crippen LogP contribution in [0, 0.1) is 0 Å². The normalized spacial score (nSPS) is 10.4. The maximum absolute atomic E-state index is 12.1. The highest BCUT2D eigenvalue weighted by Gasteiger charge is 2.03. The summed E-state index contributed by atoms with van der Waals surface area (Å²) < 4.78 is 1.68. The van der Waals surface area contributed by atoms with Crippen molar-refractivity contribution in [1.29, 1.82) is 0 Å². The summed E-state index contributed by atoms with van der Waals surface area (Å²) in [4.78, 5) is 16.2. The van der Waals surface area contributed by atoms with Crippen LogP contribution in [0.4, 0.5) is 11.5 Å². The molecule has 0 atom stereocenters. The quantitative estimate of drug-likeness (QED) is 0.788. The minimum atomic E-state index is -0.0633. The summed E-state index contributed by atoms with van der Waals surface area (Å²) >= 11 is 0. The average Bonchev–Trinajstić information content (AvgIpc) is 2.45. The summed E-state index contributed by atoms with van der Waals surface area (Å²) in [5.74, 6) is 0.413. The van der Waals surface area contributed by atoms with Crippen LogP contribution in [-0.2, 0) is 13.0 Å². The molecule has 3 N–H and O–H groups in total. The van der Waals surface area contributed by atoms with E-state index in [-0.39, 0.29) is 5.56 Å². The summed E-state index contributed by atoms with van der Waals surface area (Å²) in [7, 11) is 0. The van der Waals surface area contributed by atoms with Gasteiger partial charge in [-0.25, -0.2) is 4.98 Å². The summed E-state index contributed by atoms with van der Waals surface area (Å²) in [5.41, 5.74) is 7.51. The SMILES string of the molecule is CCCn1ccnc(NCCc2ccc(N)cc2)c1=O. The Morgan fingerprint density at radius 2 is 2.05 bits per heavy atom. The number of benzene rings is 1. The number of nitrogens with zero attached hydrogens (tertiary/aromatic N) is 2. The van der Waals surface area contributed by atoms with Crippen LogP contribution in [0.25, 0.3) is 0 Å². The molecule has 1 heterocycles. The number of nitrogens with one attached hydrogen (secondary N) is 1. The fourth-order valence-corrected chi connectivity index (χ4v) is 2.00. The van der Waals surface area contributed by atoms with Gasteiger partial charge < -0.3 is 15.6 Å². The van der Waals surface area contributed by atoms with E-state index in [0.717, 1.165) is 18.5 Å². The standard InChI is InChI=1S/C15H20N4O/c1-2-10-19-11-9-18-14(15(19)20)17-8-7-12-3-5-13(16)6-4-12/h3-6,9,11H,2,7-8,10,16H2,1H3,(H,17,18). The van der Waals surface area contributed by atoms with Crippen LogP contribution in [0.1, 0.15) is 18.9 Å². The Hall–Kier alpha value is -2.30. The van der Waals surface area contributed by atoms with Crippen molar-refractivity contribution in [3.8, 4) is 0 Å². The molecule has 0 unspecified atom stereocenters. The zero-order valence-electron chi connectivity index (χ0n) is 11.7. The fourth-order valence-electron chi connectivity index (χ4n) is 2.00. The minimum Gasteiger partial charge on any atom is -0.399 e. The molecule has 1 aromatic carbocycles. The monoisotopic (exact) mass is 272 g/mol. The van der Waals surface area contributed by atoms with E-state index >= 15 is 0 Å². The van der Waals surface area contributed by atoms with Crippen LogP contribution >= 0.6 is 0 Å². The van der Waals surface area contributed by atoms with Gasteiger partial charge in [-0.15, -0.1) is 0 Å². The van der Waals surface area contributed by atoms with Crippen LogP contribution in [-0.4, -0.2) is 16.1 Å². The van der Waals surface area contributed by atoms with Gasteiger partial charge >= 0.3 is 0 Å². The second-order valence-electron chi connectivity index (χ2n) is 4.69. The van der Waals surface area contributed by atoms with Crippen LogP contribution < -0.4 is 16.6 Å². The second kappa shape index (κ2) is 6.75. The number of rotatable bonds is 6. The van der Waals surface area contributed by atoms with Crippen molar-refractivity contribution in [3.63, 3.8) is 0 Å². The minimum absolute atomic E-state index is 0.0633. The third-order valence-corrected chi connectivity index (χ3v) is 3.06. The molecule has 0 saturated carbocycles. The average molecular weight is 272 g/mol. The van der Waals surface area contributed by atoms with Crippen molar-refractivity contribution in [1.82, 2.24) is 9.55 Å². The van der Waals surface area contributed by atoms with Crippen molar-refractivity contribution < 1.29 is 0 Å². The number of aryl methyl sites for hydroxylation is 1. The molecule has 5 heteroatoms. The number of nitrogens with two attached hydrogens (primary N) is 1. The molecule has 0 fully saturated rings. The Bertz CT molecular complexity index is 604. The third-order valence-electron chi connectivity index (χ3n) is 3.06. The van der Waals surface area contributed by atoms with Crippen molar-refractivity contribution >= 4 is 11.5 Å². The first-order valence-electron chi connectivity index (χ1n) is 6.84. The highest BCUT2D eigenvalue weighted by Crippen LogP contribution is 2.06. The van der Waals surface area contributed by atoms with Crippen LogP contribution in [0.5, 0.6) is 0 Å². The van der Waals surface area contributed by atoms with E-state index in [4.69, 9.17) is 5.73 Å². The molecule has 5 nitrogen and oxygen atoms in total. The van der Waals surface area contributed by atoms with E-state index in [2.05, 4.69) is 10.3 Å². The predicted molar refractivity (Wildman–Crippen MR) is 81.8 cm³/mol. The van der Waals surface area contributed by atoms with Gasteiger partial charge in [-0.05, 0) is 30.5 Å². The van der Waals surface area contributed by atoms with Gasteiger partial charge in [-0.3, -0.25) is 4.79 Å². The molecule has 0 aliphatic rings. The molecule has 0 bridgehead atoms. The molecule has 0 aliphatic heterocycles. The summed E-state index contributed by atoms with van der Waals surface area (Å²) in [6.45, 7) is 3.43. The Kier molecular flexibility index (Phi) is 4.76. The third kappa shape index (κ3) is 3.60. The number of anilines is 2. The lowest BCUT2D eigenvalue weighted by atomic mass is 10.1. The summed E-state index contributed by atoms with van der Waals surface area (Å²) in [6, 6.07) is 7.74. The van der Waals surface area contributed by atoms with Crippen molar-refractivity contribution in [3.05, 3.63) is 52.6 Å². The molecule has 2 rings (SSSR count). The Morgan fingerprint density at radius 3 is 2.75 bits per heavy atom. The van der Waals surface area contributed by atoms with Gasteiger partial charge in [0.1, 0.15) is 0 Å². The van der Waals surface area contributed by atoms with Crippen LogP contribution in [0.2, 0.25) is 0 Å². The molecule has 2 aromatic rings. The van der Waals surface area contributed by atoms with E-state index in [1.807, 2.05) is 31.2 Å². The molecular formula is C15H20N4O. The number of hydrogen-bond donors (Lipinski definition) is 2. The first-order valence-corrected chi connectivity index (χ1v) is 6.84. The van der Waals surface area contributed by atoms with Crippen molar-refractivity contribution in [2.45, 2.75) is 26.3 Å². The highest BCUT2D eigenvalue weighted by molar-refractivity contribution is 5.39. The van der Waals surface area contributed by atoms with Gasteiger partial charge in [0.2, 0.25) is 0 Å². The smallest absolute Gasteiger partial charge is 0.293 e. The molecule has 106 valence electrons. The van der Waals surface area contributed by atoms with Gasteiger partial charge in [0.05, 0.1) is 0 Å². The Balaban J connectivity index is 1.95. The molecule has 1 aromatic heterocycles. The molecule has 0 amide bonds. The predicted octanol–water partition coefficient (Wildman–Crippen LogP) is 1.89. The van der Waals surface area contributed by atoms with E-state index in [9.17, 15) is 4.79 Å². The lowest BCUT2D eigenvalue weighted by molar-refractivity contribution is 0.649. The zero-order chi connectivity index (χ0) is 14.4. The molecule has 0 spiro atoms. The zero-order valence-corrected chi connectivity index (χ0v) is 11.7. The Labute approximate surface area is 118 Å². The first-order chi connectivity index (χ1) is 9.70. The van der Waals surface area contributed by atoms with Gasteiger partial charge in [0, 0.05) is 31.2 Å². The second-order valence-corrected chi connectivity index (χ2v) is 4.69. The molecule has 0 saturated heterocycles. The highest BCUT2D eigenvalue weighted by atomic mass is 16.1. The number of hydrogen-bond acceptors (Lipinski definition) is 4. The topological polar surface area (TPSA) is 72.9 Å². The molecule has 0 aliphatic carbocycles. The van der Waals surface area contributed by atoms with Crippen LogP contribution in [0.15, 0.2) is 41.5 Å². The molecule has 20 heavy (non-hydrogen) atoms. The molecular weight excluding hydrogens is 252 g/mol. The largest absolute Gasteiger partial charge is 0.399 e.